The van der Waals surface area contributed by atoms with Gasteiger partial charge in [-0.2, -0.15) is 0 Å². The lowest BCUT2D eigenvalue weighted by atomic mass is 10.0. The molecule has 0 bridgehead atoms. The Balaban J connectivity index is 1.19. The summed E-state index contributed by atoms with van der Waals surface area (Å²) in [6, 6.07) is 23.5. The van der Waals surface area contributed by atoms with Gasteiger partial charge < -0.3 is 24.2 Å². The van der Waals surface area contributed by atoms with Crippen molar-refractivity contribution < 1.29 is 24.2 Å². The van der Waals surface area contributed by atoms with Crippen LogP contribution in [0.1, 0.15) is 23.1 Å². The molecule has 0 fully saturated rings. The summed E-state index contributed by atoms with van der Waals surface area (Å²) in [6.07, 6.45) is -0.156. The lowest BCUT2D eigenvalue weighted by Crippen LogP contribution is -2.39. The van der Waals surface area contributed by atoms with Crippen molar-refractivity contribution >= 4 is 17.3 Å². The van der Waals surface area contributed by atoms with Gasteiger partial charge in [-0.1, -0.05) is 65.3 Å². The van der Waals surface area contributed by atoms with Crippen LogP contribution in [0.4, 0.5) is 0 Å². The number of ether oxygens (including phenoxy) is 3. The van der Waals surface area contributed by atoms with Crippen LogP contribution in [0.3, 0.4) is 0 Å². The normalized spacial score (nSPS) is 17.2. The fraction of sp³-hybridized carbons (Fsp3) is 0.321. The molecule has 5 rings (SSSR count). The third kappa shape index (κ3) is 6.36. The van der Waals surface area contributed by atoms with Crippen LogP contribution >= 0.6 is 11.6 Å². The fourth-order valence-electron chi connectivity index (χ4n) is 4.37. The lowest BCUT2D eigenvalue weighted by Gasteiger charge is -2.27. The first-order valence-corrected chi connectivity index (χ1v) is 12.4. The molecule has 1 N–H and O–H groups in total. The number of benzene rings is 3. The van der Waals surface area contributed by atoms with E-state index in [4.69, 9.17) is 30.6 Å². The zero-order chi connectivity index (χ0) is 24.7. The summed E-state index contributed by atoms with van der Waals surface area (Å²) in [5.41, 5.74) is 3.88. The SMILES string of the molecule is O[C@H](COCc1ccccc1)CN(Cc1ccccc1Cl)C[C@@H]1CC(c2ccc3c(c2)OCO3)=NO1. The molecule has 0 saturated carbocycles. The van der Waals surface area contributed by atoms with Gasteiger partial charge in [0.1, 0.15) is 6.10 Å². The van der Waals surface area contributed by atoms with Crippen LogP contribution in [0.5, 0.6) is 11.5 Å². The van der Waals surface area contributed by atoms with Gasteiger partial charge in [0.05, 0.1) is 25.0 Å². The second-order valence-corrected chi connectivity index (χ2v) is 9.38. The summed E-state index contributed by atoms with van der Waals surface area (Å²) in [5.74, 6) is 1.46. The quantitative estimate of drug-likeness (QED) is 0.407. The van der Waals surface area contributed by atoms with E-state index in [-0.39, 0.29) is 19.5 Å². The molecule has 8 heteroatoms. The van der Waals surface area contributed by atoms with Crippen molar-refractivity contribution in [1.29, 1.82) is 0 Å². The zero-order valence-corrected chi connectivity index (χ0v) is 20.6. The number of oxime groups is 1. The van der Waals surface area contributed by atoms with Crippen LogP contribution in [-0.4, -0.2) is 54.4 Å². The van der Waals surface area contributed by atoms with Crippen molar-refractivity contribution in [3.05, 3.63) is 94.5 Å². The van der Waals surface area contributed by atoms with Crippen molar-refractivity contribution in [1.82, 2.24) is 4.90 Å². The Morgan fingerprint density at radius 3 is 2.69 bits per heavy atom. The molecular weight excluding hydrogens is 480 g/mol. The average molecular weight is 509 g/mol. The number of halogens is 1. The van der Waals surface area contributed by atoms with E-state index in [1.165, 1.54) is 0 Å². The maximum atomic E-state index is 10.7. The summed E-state index contributed by atoms with van der Waals surface area (Å²) in [6.45, 7) is 2.50. The molecule has 3 aromatic rings. The first-order chi connectivity index (χ1) is 17.6. The van der Waals surface area contributed by atoms with Gasteiger partial charge in [0.2, 0.25) is 6.79 Å². The van der Waals surface area contributed by atoms with Gasteiger partial charge in [-0.05, 0) is 35.4 Å². The summed E-state index contributed by atoms with van der Waals surface area (Å²) in [4.78, 5) is 7.93. The largest absolute Gasteiger partial charge is 0.454 e. The third-order valence-electron chi connectivity index (χ3n) is 6.14. The first-order valence-electron chi connectivity index (χ1n) is 12.0. The minimum atomic E-state index is -0.660. The number of rotatable bonds is 11. The maximum absolute atomic E-state index is 10.7. The van der Waals surface area contributed by atoms with E-state index in [0.717, 1.165) is 33.9 Å². The molecule has 2 atom stereocenters. The number of hydrogen-bond donors (Lipinski definition) is 1. The molecule has 2 heterocycles. The Morgan fingerprint density at radius 2 is 1.83 bits per heavy atom. The maximum Gasteiger partial charge on any atom is 0.231 e. The lowest BCUT2D eigenvalue weighted by molar-refractivity contribution is -0.00648. The van der Waals surface area contributed by atoms with Crippen LogP contribution in [0, 0.1) is 0 Å². The smallest absolute Gasteiger partial charge is 0.231 e. The molecular formula is C28H29ClN2O5. The average Bonchev–Trinajstić information content (AvgIpc) is 3.55. The topological polar surface area (TPSA) is 72.8 Å². The summed E-state index contributed by atoms with van der Waals surface area (Å²) >= 11 is 6.43. The molecule has 0 spiro atoms. The van der Waals surface area contributed by atoms with Crippen LogP contribution < -0.4 is 9.47 Å². The van der Waals surface area contributed by atoms with Crippen molar-refractivity contribution in [2.24, 2.45) is 5.16 Å². The molecule has 7 nitrogen and oxygen atoms in total. The Bertz CT molecular complexity index is 1190. The Hall–Kier alpha value is -3.10. The number of hydrogen-bond acceptors (Lipinski definition) is 7. The molecule has 0 aliphatic carbocycles. The predicted octanol–water partition coefficient (Wildman–Crippen LogP) is 4.64. The summed E-state index contributed by atoms with van der Waals surface area (Å²) < 4.78 is 16.7. The number of aliphatic hydroxyl groups excluding tert-OH is 1. The molecule has 2 aliphatic rings. The van der Waals surface area contributed by atoms with Gasteiger partial charge in [0, 0.05) is 36.6 Å². The highest BCUT2D eigenvalue weighted by Gasteiger charge is 2.27. The molecule has 2 aliphatic heterocycles. The molecule has 0 radical (unpaired) electrons. The molecule has 36 heavy (non-hydrogen) atoms. The van der Waals surface area contributed by atoms with Gasteiger partial charge in [-0.3, -0.25) is 4.90 Å². The van der Waals surface area contributed by atoms with Crippen LogP contribution in [0.25, 0.3) is 0 Å². The minimum Gasteiger partial charge on any atom is -0.454 e. The third-order valence-corrected chi connectivity index (χ3v) is 6.51. The van der Waals surface area contributed by atoms with E-state index in [9.17, 15) is 5.11 Å². The minimum absolute atomic E-state index is 0.148. The van der Waals surface area contributed by atoms with Crippen molar-refractivity contribution in [2.45, 2.75) is 31.8 Å². The summed E-state index contributed by atoms with van der Waals surface area (Å²) in [7, 11) is 0. The second-order valence-electron chi connectivity index (χ2n) is 8.98. The van der Waals surface area contributed by atoms with Crippen LogP contribution in [0.15, 0.2) is 78.0 Å². The van der Waals surface area contributed by atoms with E-state index in [1.54, 1.807) is 0 Å². The molecule has 3 aromatic carbocycles. The molecule has 188 valence electrons. The first kappa shape index (κ1) is 24.6. The molecule has 0 aromatic heterocycles. The predicted molar refractivity (Wildman–Crippen MR) is 137 cm³/mol. The highest BCUT2D eigenvalue weighted by atomic mass is 35.5. The zero-order valence-electron chi connectivity index (χ0n) is 19.9. The van der Waals surface area contributed by atoms with Crippen molar-refractivity contribution in [2.75, 3.05) is 26.5 Å². The van der Waals surface area contributed by atoms with E-state index in [1.807, 2.05) is 72.8 Å². The Kier molecular flexibility index (Phi) is 8.03. The monoisotopic (exact) mass is 508 g/mol. The molecule has 0 unspecified atom stereocenters. The number of nitrogens with zero attached hydrogens (tertiary/aromatic N) is 2. The van der Waals surface area contributed by atoms with Gasteiger partial charge in [-0.15, -0.1) is 0 Å². The van der Waals surface area contributed by atoms with E-state index in [2.05, 4.69) is 10.1 Å². The molecule has 0 amide bonds. The highest BCUT2D eigenvalue weighted by molar-refractivity contribution is 6.31. The number of fused-ring (bicyclic) bond motifs is 1. The fourth-order valence-corrected chi connectivity index (χ4v) is 4.57. The summed E-state index contributed by atoms with van der Waals surface area (Å²) in [5, 5.41) is 15.8. The van der Waals surface area contributed by atoms with Crippen LogP contribution in [-0.2, 0) is 22.7 Å². The highest BCUT2D eigenvalue weighted by Crippen LogP contribution is 2.33. The van der Waals surface area contributed by atoms with E-state index < -0.39 is 6.10 Å². The van der Waals surface area contributed by atoms with Crippen molar-refractivity contribution in [3.8, 4) is 11.5 Å². The van der Waals surface area contributed by atoms with Gasteiger partial charge in [-0.25, -0.2) is 0 Å². The number of aliphatic hydroxyl groups is 1. The van der Waals surface area contributed by atoms with Crippen molar-refractivity contribution in [3.63, 3.8) is 0 Å². The second kappa shape index (κ2) is 11.8. The van der Waals surface area contributed by atoms with Gasteiger partial charge in [0.25, 0.3) is 0 Å². The Morgan fingerprint density at radius 1 is 1.03 bits per heavy atom. The van der Waals surface area contributed by atoms with Gasteiger partial charge >= 0.3 is 0 Å². The molecule has 0 saturated heterocycles. The van der Waals surface area contributed by atoms with Crippen LogP contribution in [0.2, 0.25) is 5.02 Å². The van der Waals surface area contributed by atoms with E-state index in [0.29, 0.717) is 37.7 Å². The van der Waals surface area contributed by atoms with Gasteiger partial charge in [0.15, 0.2) is 11.5 Å². The Labute approximate surface area is 215 Å². The standard InChI is InChI=1S/C28H29ClN2O5/c29-25-9-5-4-8-22(25)14-31(15-23(32)18-33-17-20-6-2-1-3-7-20)16-24-13-26(30-36-24)21-10-11-27-28(12-21)35-19-34-27/h1-12,23-24,32H,13-19H2/t23-,24-/m0/s1. The van der Waals surface area contributed by atoms with E-state index >= 15 is 0 Å².